The molecule has 0 radical (unpaired) electrons. The van der Waals surface area contributed by atoms with Crippen LogP contribution in [-0.2, 0) is 25.6 Å². The van der Waals surface area contributed by atoms with Crippen LogP contribution in [0.5, 0.6) is 0 Å². The average Bonchev–Trinajstić information content (AvgIpc) is 3.10. The standard InChI is InChI=1S/C20H28N2O6/c1-20(2,3)28-19(25)22-12-15(11-16(22)17(23)26-5)21(4)18(24)27-13-14-9-7-6-8-10-14/h6-10,15-16H,11-13H2,1-5H3/t15-,16?/m1/s1. The number of amides is 2. The van der Waals surface area contributed by atoms with Crippen molar-refractivity contribution < 1.29 is 28.6 Å². The monoisotopic (exact) mass is 392 g/mol. The Morgan fingerprint density at radius 2 is 1.82 bits per heavy atom. The minimum atomic E-state index is -0.811. The molecule has 0 aromatic heterocycles. The maximum absolute atomic E-state index is 12.5. The van der Waals surface area contributed by atoms with Crippen LogP contribution in [0.25, 0.3) is 0 Å². The zero-order chi connectivity index (χ0) is 20.9. The molecule has 0 bridgehead atoms. The molecule has 154 valence electrons. The van der Waals surface area contributed by atoms with Crippen molar-refractivity contribution in [3.05, 3.63) is 35.9 Å². The topological polar surface area (TPSA) is 85.4 Å². The molecule has 8 nitrogen and oxygen atoms in total. The largest absolute Gasteiger partial charge is 0.467 e. The summed E-state index contributed by atoms with van der Waals surface area (Å²) < 4.78 is 15.5. The summed E-state index contributed by atoms with van der Waals surface area (Å²) >= 11 is 0. The van der Waals surface area contributed by atoms with Gasteiger partial charge in [0.1, 0.15) is 18.2 Å². The van der Waals surface area contributed by atoms with E-state index in [4.69, 9.17) is 14.2 Å². The molecule has 1 heterocycles. The van der Waals surface area contributed by atoms with Crippen LogP contribution in [0.3, 0.4) is 0 Å². The Balaban J connectivity index is 2.03. The van der Waals surface area contributed by atoms with Crippen molar-refractivity contribution in [2.45, 2.75) is 51.5 Å². The number of nitrogens with zero attached hydrogens (tertiary/aromatic N) is 2. The summed E-state index contributed by atoms with van der Waals surface area (Å²) in [6.45, 7) is 5.55. The molecule has 8 heteroatoms. The number of rotatable bonds is 4. The second-order valence-electron chi connectivity index (χ2n) is 7.71. The Morgan fingerprint density at radius 1 is 1.18 bits per heavy atom. The van der Waals surface area contributed by atoms with Crippen molar-refractivity contribution >= 4 is 18.2 Å². The van der Waals surface area contributed by atoms with Crippen molar-refractivity contribution in [2.24, 2.45) is 0 Å². The van der Waals surface area contributed by atoms with Crippen molar-refractivity contribution in [1.82, 2.24) is 9.80 Å². The first-order chi connectivity index (χ1) is 13.1. The molecule has 1 unspecified atom stereocenters. The third-order valence-electron chi connectivity index (χ3n) is 4.42. The number of hydrogen-bond acceptors (Lipinski definition) is 6. The van der Waals surface area contributed by atoms with Gasteiger partial charge in [-0.3, -0.25) is 4.90 Å². The lowest BCUT2D eigenvalue weighted by molar-refractivity contribution is -0.145. The lowest BCUT2D eigenvalue weighted by Gasteiger charge is -2.27. The third kappa shape index (κ3) is 5.61. The van der Waals surface area contributed by atoms with Gasteiger partial charge in [0.25, 0.3) is 0 Å². The molecular weight excluding hydrogens is 364 g/mol. The minimum absolute atomic E-state index is 0.146. The number of likely N-dealkylation sites (N-methyl/N-ethyl adjacent to an activating group) is 1. The van der Waals surface area contributed by atoms with Gasteiger partial charge in [-0.15, -0.1) is 0 Å². The summed E-state index contributed by atoms with van der Waals surface area (Å²) in [6.07, 6.45) is -0.886. The van der Waals surface area contributed by atoms with Gasteiger partial charge >= 0.3 is 18.2 Å². The van der Waals surface area contributed by atoms with Crippen molar-refractivity contribution in [3.8, 4) is 0 Å². The Labute approximate surface area is 165 Å². The first kappa shape index (κ1) is 21.5. The second kappa shape index (κ2) is 8.95. The van der Waals surface area contributed by atoms with Crippen molar-refractivity contribution in [3.63, 3.8) is 0 Å². The molecule has 2 amide bonds. The molecule has 1 fully saturated rings. The maximum atomic E-state index is 12.5. The normalized spacial score (nSPS) is 19.1. The predicted molar refractivity (Wildman–Crippen MR) is 102 cm³/mol. The van der Waals surface area contributed by atoms with E-state index < -0.39 is 29.8 Å². The molecule has 28 heavy (non-hydrogen) atoms. The fourth-order valence-electron chi connectivity index (χ4n) is 2.95. The number of carbonyl (C=O) groups excluding carboxylic acids is 3. The summed E-state index contributed by atoms with van der Waals surface area (Å²) in [6, 6.07) is 8.14. The van der Waals surface area contributed by atoms with E-state index in [1.807, 2.05) is 30.3 Å². The van der Waals surface area contributed by atoms with Crippen molar-refractivity contribution in [1.29, 1.82) is 0 Å². The molecule has 0 aliphatic carbocycles. The fraction of sp³-hybridized carbons (Fsp3) is 0.550. The molecule has 0 N–H and O–H groups in total. The molecule has 1 saturated heterocycles. The number of ether oxygens (including phenoxy) is 3. The highest BCUT2D eigenvalue weighted by Crippen LogP contribution is 2.25. The highest BCUT2D eigenvalue weighted by atomic mass is 16.6. The van der Waals surface area contributed by atoms with Gasteiger partial charge in [-0.2, -0.15) is 0 Å². The maximum Gasteiger partial charge on any atom is 0.411 e. The first-order valence-electron chi connectivity index (χ1n) is 9.13. The highest BCUT2D eigenvalue weighted by molar-refractivity contribution is 5.82. The Bertz CT molecular complexity index is 700. The molecule has 0 spiro atoms. The number of esters is 1. The van der Waals surface area contributed by atoms with Gasteiger partial charge in [0.05, 0.1) is 13.2 Å². The van der Waals surface area contributed by atoms with Gasteiger partial charge in [-0.1, -0.05) is 30.3 Å². The Hall–Kier alpha value is -2.77. The van der Waals surface area contributed by atoms with Gasteiger partial charge in [0, 0.05) is 20.0 Å². The van der Waals surface area contributed by atoms with Crippen LogP contribution < -0.4 is 0 Å². The summed E-state index contributed by atoms with van der Waals surface area (Å²) in [5.74, 6) is -0.542. The first-order valence-corrected chi connectivity index (χ1v) is 9.13. The van der Waals surface area contributed by atoms with E-state index >= 15 is 0 Å². The molecular formula is C20H28N2O6. The van der Waals surface area contributed by atoms with E-state index in [9.17, 15) is 14.4 Å². The summed E-state index contributed by atoms with van der Waals surface area (Å²) in [5.41, 5.74) is 0.176. The highest BCUT2D eigenvalue weighted by Gasteiger charge is 2.44. The quantitative estimate of drug-likeness (QED) is 0.579. The van der Waals surface area contributed by atoms with Crippen LogP contribution >= 0.6 is 0 Å². The van der Waals surface area contributed by atoms with Crippen LogP contribution in [0.4, 0.5) is 9.59 Å². The smallest absolute Gasteiger partial charge is 0.411 e. The third-order valence-corrected chi connectivity index (χ3v) is 4.42. The number of benzene rings is 1. The number of likely N-dealkylation sites (tertiary alicyclic amines) is 1. The molecule has 1 aromatic carbocycles. The lowest BCUT2D eigenvalue weighted by atomic mass is 10.1. The van der Waals surface area contributed by atoms with E-state index in [2.05, 4.69) is 0 Å². The summed E-state index contributed by atoms with van der Waals surface area (Å²) in [7, 11) is 2.85. The molecule has 2 atom stereocenters. The second-order valence-corrected chi connectivity index (χ2v) is 7.71. The summed E-state index contributed by atoms with van der Waals surface area (Å²) in [4.78, 5) is 39.8. The van der Waals surface area contributed by atoms with Crippen LogP contribution in [-0.4, -0.2) is 66.3 Å². The lowest BCUT2D eigenvalue weighted by Crippen LogP contribution is -2.44. The zero-order valence-electron chi connectivity index (χ0n) is 17.0. The SMILES string of the molecule is COC(=O)C1C[C@@H](N(C)C(=O)OCc2ccccc2)CN1C(=O)OC(C)(C)C. The van der Waals surface area contributed by atoms with Gasteiger partial charge in [0.2, 0.25) is 0 Å². The minimum Gasteiger partial charge on any atom is -0.467 e. The summed E-state index contributed by atoms with van der Waals surface area (Å²) in [5, 5.41) is 0. The van der Waals surface area contributed by atoms with E-state index in [0.29, 0.717) is 0 Å². The van der Waals surface area contributed by atoms with Gasteiger partial charge in [-0.05, 0) is 26.3 Å². The Kier molecular flexibility index (Phi) is 6.88. The zero-order valence-corrected chi connectivity index (χ0v) is 17.0. The van der Waals surface area contributed by atoms with Crippen molar-refractivity contribution in [2.75, 3.05) is 20.7 Å². The number of carbonyl (C=O) groups is 3. The number of hydrogen-bond donors (Lipinski definition) is 0. The molecule has 1 aliphatic heterocycles. The number of methoxy groups -OCH3 is 1. The van der Waals surface area contributed by atoms with E-state index in [1.54, 1.807) is 27.8 Å². The average molecular weight is 392 g/mol. The Morgan fingerprint density at radius 3 is 2.39 bits per heavy atom. The molecule has 2 rings (SSSR count). The molecule has 0 saturated carbocycles. The van der Waals surface area contributed by atoms with E-state index in [-0.39, 0.29) is 25.6 Å². The van der Waals surface area contributed by atoms with Gasteiger partial charge in [0.15, 0.2) is 0 Å². The van der Waals surface area contributed by atoms with Gasteiger partial charge < -0.3 is 19.1 Å². The van der Waals surface area contributed by atoms with E-state index in [1.165, 1.54) is 16.9 Å². The fourth-order valence-corrected chi connectivity index (χ4v) is 2.95. The van der Waals surface area contributed by atoms with Crippen LogP contribution in [0.15, 0.2) is 30.3 Å². The van der Waals surface area contributed by atoms with E-state index in [0.717, 1.165) is 5.56 Å². The van der Waals surface area contributed by atoms with Crippen LogP contribution in [0.2, 0.25) is 0 Å². The van der Waals surface area contributed by atoms with Crippen LogP contribution in [0.1, 0.15) is 32.8 Å². The van der Waals surface area contributed by atoms with Crippen LogP contribution in [0, 0.1) is 0 Å². The predicted octanol–water partition coefficient (Wildman–Crippen LogP) is 2.81. The molecule has 1 aromatic rings. The molecule has 1 aliphatic rings. The van der Waals surface area contributed by atoms with Gasteiger partial charge in [-0.25, -0.2) is 14.4 Å².